The summed E-state index contributed by atoms with van der Waals surface area (Å²) in [6.07, 6.45) is 1.18. The van der Waals surface area contributed by atoms with Gasteiger partial charge in [-0.25, -0.2) is 4.79 Å². The normalized spacial score (nSPS) is 16.6. The van der Waals surface area contributed by atoms with Crippen molar-refractivity contribution >= 4 is 47.1 Å². The van der Waals surface area contributed by atoms with Crippen LogP contribution in [0.3, 0.4) is 0 Å². The van der Waals surface area contributed by atoms with E-state index in [0.29, 0.717) is 76.5 Å². The molecule has 55 heavy (non-hydrogen) atoms. The van der Waals surface area contributed by atoms with Gasteiger partial charge in [-0.2, -0.15) is 4.89 Å². The molecule has 1 aromatic rings. The molecule has 0 aromatic heterocycles. The maximum absolute atomic E-state index is 11.8. The maximum atomic E-state index is 11.8. The number of aliphatic carboxylic acids is 3. The standard InChI is InChI=1S/C36H60N6O12S/c1-27(22-37-12-18-51-19-20-52-35(49)54-50-4)9-17-53-36(2,3)10-11-38-34(55)39-29-7-5-28(6-8-29)21-30-23-41(25-32(45)46)14-13-40(24-31(43)44)15-16-42(30)26-33(47)48/h5-8,27,30,37H,9-26H2,1-4H3,(H,43,44)(H,45,46)(H,47,48)(H2,38,39,55). The lowest BCUT2D eigenvalue weighted by Gasteiger charge is -2.33. The average Bonchev–Trinajstić information content (AvgIpc) is 3.16. The molecule has 2 rings (SSSR count). The maximum Gasteiger partial charge on any atom is 0.540 e. The molecule has 0 amide bonds. The topological polar surface area (TPSA) is 221 Å². The van der Waals surface area contributed by atoms with Crippen LogP contribution in [0.2, 0.25) is 0 Å². The minimum Gasteiger partial charge on any atom is -0.480 e. The number of anilines is 1. The summed E-state index contributed by atoms with van der Waals surface area (Å²) in [5, 5.41) is 38.7. The average molecular weight is 801 g/mol. The first-order valence-electron chi connectivity index (χ1n) is 18.4. The van der Waals surface area contributed by atoms with Crippen molar-refractivity contribution < 1.29 is 58.5 Å². The number of hydrogen-bond donors (Lipinski definition) is 6. The third-order valence-corrected chi connectivity index (χ3v) is 9.04. The van der Waals surface area contributed by atoms with E-state index in [1.165, 1.54) is 7.11 Å². The van der Waals surface area contributed by atoms with Gasteiger partial charge in [0, 0.05) is 64.1 Å². The van der Waals surface area contributed by atoms with Crippen LogP contribution in [0.5, 0.6) is 0 Å². The quantitative estimate of drug-likeness (QED) is 0.0272. The van der Waals surface area contributed by atoms with E-state index in [1.54, 1.807) is 14.7 Å². The van der Waals surface area contributed by atoms with Gasteiger partial charge in [0.15, 0.2) is 5.11 Å². The van der Waals surface area contributed by atoms with Gasteiger partial charge in [-0.05, 0) is 75.5 Å². The summed E-state index contributed by atoms with van der Waals surface area (Å²) in [5.74, 6) is -2.61. The number of nitrogens with zero attached hydrogens (tertiary/aromatic N) is 3. The van der Waals surface area contributed by atoms with Crippen LogP contribution in [0.25, 0.3) is 0 Å². The highest BCUT2D eigenvalue weighted by molar-refractivity contribution is 7.80. The molecule has 1 aromatic carbocycles. The monoisotopic (exact) mass is 800 g/mol. The zero-order valence-corrected chi connectivity index (χ0v) is 33.3. The van der Waals surface area contributed by atoms with E-state index in [1.807, 2.05) is 38.1 Å². The summed E-state index contributed by atoms with van der Waals surface area (Å²) in [4.78, 5) is 59.4. The Balaban J connectivity index is 1.76. The van der Waals surface area contributed by atoms with Crippen molar-refractivity contribution in [2.45, 2.75) is 51.7 Å². The molecule has 1 heterocycles. The minimum atomic E-state index is -1.01. The number of carbonyl (C=O) groups excluding carboxylic acids is 1. The number of nitrogens with one attached hydrogen (secondary N) is 3. The Labute approximate surface area is 328 Å². The first-order chi connectivity index (χ1) is 26.1. The van der Waals surface area contributed by atoms with Gasteiger partial charge in [-0.3, -0.25) is 34.0 Å². The molecule has 18 nitrogen and oxygen atoms in total. The molecular formula is C36H60N6O12S. The fourth-order valence-corrected chi connectivity index (χ4v) is 6.06. The molecule has 0 spiro atoms. The van der Waals surface area contributed by atoms with Crippen LogP contribution in [0.4, 0.5) is 10.5 Å². The van der Waals surface area contributed by atoms with Crippen LogP contribution in [0, 0.1) is 5.92 Å². The zero-order chi connectivity index (χ0) is 40.6. The highest BCUT2D eigenvalue weighted by atomic mass is 32.1. The highest BCUT2D eigenvalue weighted by Crippen LogP contribution is 2.18. The Morgan fingerprint density at radius 2 is 1.55 bits per heavy atom. The van der Waals surface area contributed by atoms with E-state index in [-0.39, 0.29) is 44.5 Å². The number of ether oxygens (including phenoxy) is 3. The van der Waals surface area contributed by atoms with E-state index in [0.717, 1.165) is 30.6 Å². The lowest BCUT2D eigenvalue weighted by molar-refractivity contribution is -0.232. The number of hydrogen-bond acceptors (Lipinski definition) is 14. The Morgan fingerprint density at radius 1 is 0.891 bits per heavy atom. The summed E-state index contributed by atoms with van der Waals surface area (Å²) in [5.41, 5.74) is 1.35. The van der Waals surface area contributed by atoms with Gasteiger partial charge < -0.3 is 45.5 Å². The molecule has 2 unspecified atom stereocenters. The molecule has 0 bridgehead atoms. The second-order valence-corrected chi connectivity index (χ2v) is 14.4. The number of benzene rings is 1. The highest BCUT2D eigenvalue weighted by Gasteiger charge is 2.28. The van der Waals surface area contributed by atoms with Crippen LogP contribution >= 0.6 is 12.2 Å². The molecule has 1 aliphatic heterocycles. The second-order valence-electron chi connectivity index (χ2n) is 14.0. The summed E-state index contributed by atoms with van der Waals surface area (Å²) < 4.78 is 16.3. The molecule has 0 aliphatic carbocycles. The van der Waals surface area contributed by atoms with Gasteiger partial charge in [0.05, 0.1) is 45.6 Å². The fraction of sp³-hybridized carbons (Fsp3) is 0.694. The lowest BCUT2D eigenvalue weighted by atomic mass is 10.0. The van der Waals surface area contributed by atoms with Gasteiger partial charge in [0.25, 0.3) is 0 Å². The van der Waals surface area contributed by atoms with Crippen LogP contribution in [-0.4, -0.2) is 176 Å². The van der Waals surface area contributed by atoms with Crippen LogP contribution in [-0.2, 0) is 44.8 Å². The molecule has 19 heteroatoms. The first kappa shape index (κ1) is 47.5. The number of carboxylic acids is 3. The summed E-state index contributed by atoms with van der Waals surface area (Å²) in [6.45, 7) is 10.8. The molecule has 1 aliphatic rings. The molecule has 0 saturated carbocycles. The summed E-state index contributed by atoms with van der Waals surface area (Å²) >= 11 is 5.52. The number of rotatable bonds is 25. The zero-order valence-electron chi connectivity index (χ0n) is 32.5. The summed E-state index contributed by atoms with van der Waals surface area (Å²) in [7, 11) is 1.22. The molecular weight excluding hydrogens is 740 g/mol. The molecule has 6 N–H and O–H groups in total. The van der Waals surface area contributed by atoms with E-state index in [2.05, 4.69) is 32.6 Å². The van der Waals surface area contributed by atoms with Gasteiger partial charge in [-0.1, -0.05) is 19.1 Å². The smallest absolute Gasteiger partial charge is 0.480 e. The Bertz CT molecular complexity index is 1320. The van der Waals surface area contributed by atoms with E-state index in [9.17, 15) is 34.5 Å². The van der Waals surface area contributed by atoms with Gasteiger partial charge >= 0.3 is 24.1 Å². The minimum absolute atomic E-state index is 0.0821. The number of thiocarbonyl (C=S) groups is 1. The van der Waals surface area contributed by atoms with Crippen LogP contribution < -0.4 is 16.0 Å². The molecule has 312 valence electrons. The largest absolute Gasteiger partial charge is 0.540 e. The molecule has 1 saturated heterocycles. The van der Waals surface area contributed by atoms with Crippen molar-refractivity contribution in [1.82, 2.24) is 25.3 Å². The molecule has 0 radical (unpaired) electrons. The Kier molecular flexibility index (Phi) is 22.6. The van der Waals surface area contributed by atoms with E-state index in [4.69, 9.17) is 26.4 Å². The van der Waals surface area contributed by atoms with Crippen molar-refractivity contribution in [3.63, 3.8) is 0 Å². The lowest BCUT2D eigenvalue weighted by Crippen LogP contribution is -2.49. The Morgan fingerprint density at radius 3 is 2.22 bits per heavy atom. The SMILES string of the molecule is COOC(=O)OCCOCCNCC(C)CCOC(C)(C)CCNC(=S)Nc1ccc(CC2CN(CC(=O)O)CCN(CC(=O)O)CCN2CC(=O)O)cc1. The van der Waals surface area contributed by atoms with Gasteiger partial charge in [0.1, 0.15) is 6.61 Å². The van der Waals surface area contributed by atoms with E-state index >= 15 is 0 Å². The molecule has 1 fully saturated rings. The van der Waals surface area contributed by atoms with Crippen molar-refractivity contribution in [2.24, 2.45) is 5.92 Å². The van der Waals surface area contributed by atoms with Crippen LogP contribution in [0.15, 0.2) is 24.3 Å². The first-order valence-corrected chi connectivity index (χ1v) is 18.8. The number of carboxylic acid groups (broad SMARTS) is 3. The van der Waals surface area contributed by atoms with Gasteiger partial charge in [0.2, 0.25) is 0 Å². The van der Waals surface area contributed by atoms with E-state index < -0.39 is 24.1 Å². The Hall–Kier alpha value is -3.69. The van der Waals surface area contributed by atoms with Crippen molar-refractivity contribution in [2.75, 3.05) is 111 Å². The predicted molar refractivity (Wildman–Crippen MR) is 207 cm³/mol. The second kappa shape index (κ2) is 26.2. The fourth-order valence-electron chi connectivity index (χ4n) is 5.84. The number of carbonyl (C=O) groups is 4. The van der Waals surface area contributed by atoms with Crippen LogP contribution in [0.1, 0.15) is 39.2 Å². The third kappa shape index (κ3) is 22.5. The molecule has 2 atom stereocenters. The van der Waals surface area contributed by atoms with Crippen molar-refractivity contribution in [3.05, 3.63) is 29.8 Å². The third-order valence-electron chi connectivity index (χ3n) is 8.79. The van der Waals surface area contributed by atoms with Crippen molar-refractivity contribution in [3.8, 4) is 0 Å². The van der Waals surface area contributed by atoms with Crippen molar-refractivity contribution in [1.29, 1.82) is 0 Å². The summed E-state index contributed by atoms with van der Waals surface area (Å²) in [6, 6.07) is 7.32. The predicted octanol–water partition coefficient (Wildman–Crippen LogP) is 1.59. The van der Waals surface area contributed by atoms with Gasteiger partial charge in [-0.15, -0.1) is 0 Å².